The van der Waals surface area contributed by atoms with Gasteiger partial charge in [0.2, 0.25) is 0 Å². The van der Waals surface area contributed by atoms with E-state index in [0.29, 0.717) is 19.3 Å². The van der Waals surface area contributed by atoms with Gasteiger partial charge in [-0.2, -0.15) is 0 Å². The molecule has 1 atom stereocenters. The lowest BCUT2D eigenvalue weighted by atomic mass is 10.0. The maximum Gasteiger partial charge on any atom is 0.306 e. The lowest BCUT2D eigenvalue weighted by Crippen LogP contribution is -2.30. The zero-order valence-corrected chi connectivity index (χ0v) is 49.5. The van der Waals surface area contributed by atoms with E-state index in [4.69, 9.17) is 14.2 Å². The van der Waals surface area contributed by atoms with Crippen LogP contribution in [-0.2, 0) is 28.6 Å². The Hall–Kier alpha value is -4.19. The van der Waals surface area contributed by atoms with Crippen LogP contribution in [0.25, 0.3) is 0 Å². The molecular weight excluding hydrogens is 937 g/mol. The standard InChI is InChI=1S/C70H116O6/c1-4-7-10-13-16-19-22-24-25-26-27-28-29-30-31-32-33-34-35-36-37-38-39-40-41-42-43-44-45-47-48-51-54-57-60-63-69(72)75-66-67(65-74-68(71)62-59-56-53-50-21-18-15-12-9-6-3)76-70(73)64-61-58-55-52-49-46-23-20-17-14-11-8-5-2/h7,10,16,19,24-25,27-28,30-31,33-34,36-37,39-40,42-43,45,47,67H,4-6,8-9,11-15,17-18,20-23,26,29,32,35,38,41,44,46,48-66H2,1-3H3/b10-7-,19-16-,25-24-,28-27-,31-30-,34-33-,37-36-,40-39-,43-42-,47-45-. The molecule has 0 heterocycles. The number of unbranched alkanes of at least 4 members (excludes halogenated alkanes) is 25. The summed E-state index contributed by atoms with van der Waals surface area (Å²) >= 11 is 0. The summed E-state index contributed by atoms with van der Waals surface area (Å²) < 4.78 is 16.8. The number of hydrogen-bond acceptors (Lipinski definition) is 6. The first-order valence-electron chi connectivity index (χ1n) is 31.5. The highest BCUT2D eigenvalue weighted by atomic mass is 16.6. The molecule has 0 fully saturated rings. The summed E-state index contributed by atoms with van der Waals surface area (Å²) in [6.07, 6.45) is 87.8. The summed E-state index contributed by atoms with van der Waals surface area (Å²) in [5, 5.41) is 0. The summed E-state index contributed by atoms with van der Waals surface area (Å²) in [7, 11) is 0. The molecule has 0 aromatic heterocycles. The van der Waals surface area contributed by atoms with E-state index in [1.165, 1.54) is 109 Å². The van der Waals surface area contributed by atoms with Crippen molar-refractivity contribution in [2.45, 2.75) is 290 Å². The summed E-state index contributed by atoms with van der Waals surface area (Å²) in [5.74, 6) is -0.907. The molecule has 0 saturated heterocycles. The number of ether oxygens (including phenoxy) is 3. The Labute approximate surface area is 469 Å². The van der Waals surface area contributed by atoms with Gasteiger partial charge in [0.1, 0.15) is 13.2 Å². The van der Waals surface area contributed by atoms with Crippen molar-refractivity contribution in [1.29, 1.82) is 0 Å². The Morgan fingerprint density at radius 2 is 0.513 bits per heavy atom. The van der Waals surface area contributed by atoms with Gasteiger partial charge < -0.3 is 14.2 Å². The Balaban J connectivity index is 4.23. The number of carbonyl (C=O) groups is 3. The molecular formula is C70H116O6. The van der Waals surface area contributed by atoms with E-state index in [2.05, 4.69) is 142 Å². The number of rotatable bonds is 56. The summed E-state index contributed by atoms with van der Waals surface area (Å²) in [6.45, 7) is 6.50. The van der Waals surface area contributed by atoms with Gasteiger partial charge in [0.05, 0.1) is 0 Å². The monoisotopic (exact) mass is 1050 g/mol. The molecule has 0 radical (unpaired) electrons. The van der Waals surface area contributed by atoms with E-state index >= 15 is 0 Å². The second-order valence-electron chi connectivity index (χ2n) is 20.6. The molecule has 0 aromatic carbocycles. The maximum absolute atomic E-state index is 12.8. The molecule has 0 bridgehead atoms. The quantitative estimate of drug-likeness (QED) is 0.0261. The van der Waals surface area contributed by atoms with Crippen LogP contribution in [-0.4, -0.2) is 37.2 Å². The van der Waals surface area contributed by atoms with Gasteiger partial charge in [0, 0.05) is 19.3 Å². The van der Waals surface area contributed by atoms with E-state index < -0.39 is 6.10 Å². The normalized spacial score (nSPS) is 12.9. The van der Waals surface area contributed by atoms with Crippen LogP contribution in [0.5, 0.6) is 0 Å². The van der Waals surface area contributed by atoms with Crippen molar-refractivity contribution in [2.75, 3.05) is 13.2 Å². The molecule has 0 aliphatic rings. The van der Waals surface area contributed by atoms with Crippen molar-refractivity contribution >= 4 is 17.9 Å². The molecule has 0 spiro atoms. The van der Waals surface area contributed by atoms with Crippen LogP contribution >= 0.6 is 0 Å². The van der Waals surface area contributed by atoms with E-state index in [0.717, 1.165) is 135 Å². The maximum atomic E-state index is 12.8. The minimum absolute atomic E-state index is 0.0836. The van der Waals surface area contributed by atoms with Crippen molar-refractivity contribution in [3.8, 4) is 0 Å². The third-order valence-corrected chi connectivity index (χ3v) is 13.2. The predicted molar refractivity (Wildman–Crippen MR) is 330 cm³/mol. The van der Waals surface area contributed by atoms with Crippen molar-refractivity contribution in [3.63, 3.8) is 0 Å². The fourth-order valence-electron chi connectivity index (χ4n) is 8.53. The summed E-state index contributed by atoms with van der Waals surface area (Å²) in [4.78, 5) is 38.1. The van der Waals surface area contributed by atoms with Gasteiger partial charge in [0.25, 0.3) is 0 Å². The fraction of sp³-hybridized carbons (Fsp3) is 0.671. The van der Waals surface area contributed by atoms with Crippen LogP contribution in [0.4, 0.5) is 0 Å². The van der Waals surface area contributed by atoms with Gasteiger partial charge in [-0.15, -0.1) is 0 Å². The number of esters is 3. The highest BCUT2D eigenvalue weighted by molar-refractivity contribution is 5.71. The van der Waals surface area contributed by atoms with Crippen molar-refractivity contribution in [2.24, 2.45) is 0 Å². The van der Waals surface area contributed by atoms with Crippen LogP contribution in [0.15, 0.2) is 122 Å². The average molecular weight is 1050 g/mol. The first-order chi connectivity index (χ1) is 37.5. The summed E-state index contributed by atoms with van der Waals surface area (Å²) in [5.41, 5.74) is 0. The van der Waals surface area contributed by atoms with Gasteiger partial charge in [-0.05, 0) is 96.3 Å². The largest absolute Gasteiger partial charge is 0.462 e. The predicted octanol–water partition coefficient (Wildman–Crippen LogP) is 21.6. The van der Waals surface area contributed by atoms with Gasteiger partial charge in [0.15, 0.2) is 6.10 Å². The van der Waals surface area contributed by atoms with E-state index in [1.54, 1.807) is 0 Å². The van der Waals surface area contributed by atoms with Crippen molar-refractivity contribution in [1.82, 2.24) is 0 Å². The van der Waals surface area contributed by atoms with Crippen LogP contribution in [0, 0.1) is 0 Å². The van der Waals surface area contributed by atoms with Crippen molar-refractivity contribution in [3.05, 3.63) is 122 Å². The van der Waals surface area contributed by atoms with E-state index in [9.17, 15) is 14.4 Å². The molecule has 0 saturated carbocycles. The van der Waals surface area contributed by atoms with Crippen LogP contribution < -0.4 is 0 Å². The molecule has 0 aromatic rings. The minimum atomic E-state index is -0.786. The molecule has 1 unspecified atom stereocenters. The zero-order chi connectivity index (χ0) is 55.0. The highest BCUT2D eigenvalue weighted by Crippen LogP contribution is 2.15. The van der Waals surface area contributed by atoms with Gasteiger partial charge in [-0.25, -0.2) is 0 Å². The third kappa shape index (κ3) is 60.7. The molecule has 432 valence electrons. The molecule has 0 amide bonds. The average Bonchev–Trinajstić information content (AvgIpc) is 3.42. The molecule has 0 aliphatic carbocycles. The molecule has 6 heteroatoms. The minimum Gasteiger partial charge on any atom is -0.462 e. The molecule has 0 N–H and O–H groups in total. The van der Waals surface area contributed by atoms with Crippen LogP contribution in [0.2, 0.25) is 0 Å². The van der Waals surface area contributed by atoms with E-state index in [1.807, 2.05) is 0 Å². The first kappa shape index (κ1) is 71.8. The fourth-order valence-corrected chi connectivity index (χ4v) is 8.53. The smallest absolute Gasteiger partial charge is 0.306 e. The SMILES string of the molecule is CC/C=C\C/C=C\C/C=C\C/C=C\C/C=C\C/C=C\C/C=C\C/C=C\C/C=C\C/C=C\CCCCCCC(=O)OCC(COC(=O)CCCCCCCCCCCC)OC(=O)CCCCCCCCCCCCCCC. The van der Waals surface area contributed by atoms with Gasteiger partial charge >= 0.3 is 17.9 Å². The van der Waals surface area contributed by atoms with Crippen molar-refractivity contribution < 1.29 is 28.6 Å². The van der Waals surface area contributed by atoms with Crippen LogP contribution in [0.3, 0.4) is 0 Å². The third-order valence-electron chi connectivity index (χ3n) is 13.2. The lowest BCUT2D eigenvalue weighted by Gasteiger charge is -2.18. The molecule has 0 rings (SSSR count). The Morgan fingerprint density at radius 3 is 0.803 bits per heavy atom. The van der Waals surface area contributed by atoms with Gasteiger partial charge in [-0.3, -0.25) is 14.4 Å². The Kier molecular flexibility index (Phi) is 59.9. The zero-order valence-electron chi connectivity index (χ0n) is 49.5. The molecule has 0 aliphatic heterocycles. The number of carbonyl (C=O) groups excluding carboxylic acids is 3. The van der Waals surface area contributed by atoms with Crippen LogP contribution in [0.1, 0.15) is 284 Å². The highest BCUT2D eigenvalue weighted by Gasteiger charge is 2.19. The number of allylic oxidation sites excluding steroid dienone is 20. The second-order valence-corrected chi connectivity index (χ2v) is 20.6. The summed E-state index contributed by atoms with van der Waals surface area (Å²) in [6, 6.07) is 0. The lowest BCUT2D eigenvalue weighted by molar-refractivity contribution is -0.167. The number of hydrogen-bond donors (Lipinski definition) is 0. The Morgan fingerprint density at radius 1 is 0.276 bits per heavy atom. The van der Waals surface area contributed by atoms with E-state index in [-0.39, 0.29) is 31.1 Å². The second kappa shape index (κ2) is 63.3. The van der Waals surface area contributed by atoms with Gasteiger partial charge in [-0.1, -0.05) is 290 Å². The molecule has 6 nitrogen and oxygen atoms in total. The first-order valence-corrected chi connectivity index (χ1v) is 31.5. The Bertz CT molecular complexity index is 1590. The topological polar surface area (TPSA) is 78.9 Å². The molecule has 76 heavy (non-hydrogen) atoms.